The van der Waals surface area contributed by atoms with Crippen molar-refractivity contribution in [3.63, 3.8) is 0 Å². The SMILES string of the molecule is FCC(F)(F)OP(Oc1ccccc1)OC(F)(F)CF. The standard InChI is InChI=1S/C10H9F6O3P/c11-6-9(13,14)18-20(19-10(15,16)7-12)17-8-4-2-1-3-5-8/h1-5H,6-7H2. The summed E-state index contributed by atoms with van der Waals surface area (Å²) >= 11 is 0. The maximum absolute atomic E-state index is 12.7. The fraction of sp³-hybridized carbons (Fsp3) is 0.400. The Balaban J connectivity index is 2.79. The summed E-state index contributed by atoms with van der Waals surface area (Å²) in [5, 5.41) is 0. The molecule has 0 saturated heterocycles. The van der Waals surface area contributed by atoms with Crippen molar-refractivity contribution in [3.8, 4) is 5.75 Å². The predicted octanol–water partition coefficient (Wildman–Crippen LogP) is 4.45. The molecule has 0 radical (unpaired) electrons. The van der Waals surface area contributed by atoms with E-state index in [0.717, 1.165) is 0 Å². The highest BCUT2D eigenvalue weighted by Crippen LogP contribution is 2.49. The monoisotopic (exact) mass is 322 g/mol. The van der Waals surface area contributed by atoms with Crippen LogP contribution >= 0.6 is 8.60 Å². The van der Waals surface area contributed by atoms with E-state index in [0.29, 0.717) is 0 Å². The third kappa shape index (κ3) is 5.94. The molecule has 0 aliphatic carbocycles. The van der Waals surface area contributed by atoms with Crippen LogP contribution in [0, 0.1) is 0 Å². The molecule has 0 aliphatic heterocycles. The van der Waals surface area contributed by atoms with Crippen molar-refractivity contribution in [2.24, 2.45) is 0 Å². The topological polar surface area (TPSA) is 27.7 Å². The lowest BCUT2D eigenvalue weighted by Gasteiger charge is -2.23. The van der Waals surface area contributed by atoms with E-state index in [4.69, 9.17) is 0 Å². The molecule has 114 valence electrons. The average Bonchev–Trinajstić information content (AvgIpc) is 2.39. The molecule has 0 spiro atoms. The number of alkyl halides is 6. The number of hydrogen-bond acceptors (Lipinski definition) is 3. The number of hydrogen-bond donors (Lipinski definition) is 0. The van der Waals surface area contributed by atoms with Crippen molar-refractivity contribution in [1.82, 2.24) is 0 Å². The van der Waals surface area contributed by atoms with Gasteiger partial charge >= 0.3 is 20.8 Å². The summed E-state index contributed by atoms with van der Waals surface area (Å²) < 4.78 is 86.7. The second-order valence-electron chi connectivity index (χ2n) is 3.35. The van der Waals surface area contributed by atoms with Gasteiger partial charge in [0.15, 0.2) is 13.3 Å². The van der Waals surface area contributed by atoms with Crippen LogP contribution in [0.1, 0.15) is 0 Å². The summed E-state index contributed by atoms with van der Waals surface area (Å²) in [5.41, 5.74) is 0. The maximum atomic E-state index is 12.7. The minimum atomic E-state index is -4.38. The number of rotatable bonds is 8. The summed E-state index contributed by atoms with van der Waals surface area (Å²) in [6.07, 6.45) is -8.76. The van der Waals surface area contributed by atoms with Crippen LogP contribution in [0.2, 0.25) is 0 Å². The van der Waals surface area contributed by atoms with Gasteiger partial charge in [0.25, 0.3) is 0 Å². The van der Waals surface area contributed by atoms with Crippen LogP contribution in [0.4, 0.5) is 26.3 Å². The quantitative estimate of drug-likeness (QED) is 0.523. The fourth-order valence-electron chi connectivity index (χ4n) is 0.890. The summed E-state index contributed by atoms with van der Waals surface area (Å²) in [7, 11) is -3.40. The van der Waals surface area contributed by atoms with E-state index in [1.165, 1.54) is 24.3 Å². The van der Waals surface area contributed by atoms with Gasteiger partial charge in [0.1, 0.15) is 5.75 Å². The van der Waals surface area contributed by atoms with Gasteiger partial charge in [0.05, 0.1) is 0 Å². The van der Waals surface area contributed by atoms with E-state index in [2.05, 4.69) is 13.6 Å². The molecule has 10 heteroatoms. The van der Waals surface area contributed by atoms with E-state index in [1.54, 1.807) is 6.07 Å². The molecule has 0 unspecified atom stereocenters. The molecular formula is C10H9F6O3P. The second-order valence-corrected chi connectivity index (χ2v) is 4.35. The molecule has 1 aromatic rings. The third-order valence-electron chi connectivity index (χ3n) is 1.65. The smallest absolute Gasteiger partial charge is 0.407 e. The van der Waals surface area contributed by atoms with Gasteiger partial charge in [-0.2, -0.15) is 17.6 Å². The first-order valence-electron chi connectivity index (χ1n) is 5.07. The lowest BCUT2D eigenvalue weighted by molar-refractivity contribution is -0.223. The fourth-order valence-corrected chi connectivity index (χ4v) is 1.83. The Hall–Kier alpha value is -1.05. The molecule has 0 aromatic heterocycles. The van der Waals surface area contributed by atoms with Crippen molar-refractivity contribution in [1.29, 1.82) is 0 Å². The van der Waals surface area contributed by atoms with Gasteiger partial charge in [-0.25, -0.2) is 17.8 Å². The number of halogens is 6. The first-order chi connectivity index (χ1) is 9.28. The third-order valence-corrected chi connectivity index (χ3v) is 2.84. The summed E-state index contributed by atoms with van der Waals surface area (Å²) in [5.74, 6) is -0.136. The van der Waals surface area contributed by atoms with Crippen LogP contribution < -0.4 is 4.52 Å². The number of benzene rings is 1. The van der Waals surface area contributed by atoms with Crippen LogP contribution in [0.5, 0.6) is 5.75 Å². The predicted molar refractivity (Wildman–Crippen MR) is 58.0 cm³/mol. The summed E-state index contributed by atoms with van der Waals surface area (Å²) in [6, 6.07) is 6.86. The summed E-state index contributed by atoms with van der Waals surface area (Å²) in [4.78, 5) is 0. The highest BCUT2D eigenvalue weighted by Gasteiger charge is 2.43. The van der Waals surface area contributed by atoms with Crippen molar-refractivity contribution in [2.45, 2.75) is 12.2 Å². The molecule has 0 N–H and O–H groups in total. The zero-order valence-corrected chi connectivity index (χ0v) is 10.6. The normalized spacial score (nSPS) is 12.8. The molecule has 0 saturated carbocycles. The molecule has 0 amide bonds. The van der Waals surface area contributed by atoms with Gasteiger partial charge in [-0.1, -0.05) is 18.2 Å². The molecule has 0 fully saturated rings. The Labute approximate surface area is 111 Å². The van der Waals surface area contributed by atoms with Crippen molar-refractivity contribution in [2.75, 3.05) is 13.3 Å². The zero-order chi connectivity index (χ0) is 15.2. The van der Waals surface area contributed by atoms with Gasteiger partial charge < -0.3 is 4.52 Å². The Kier molecular flexibility index (Phi) is 6.04. The van der Waals surface area contributed by atoms with E-state index in [1.807, 2.05) is 0 Å². The molecule has 1 rings (SSSR count). The highest BCUT2D eigenvalue weighted by molar-refractivity contribution is 7.42. The lowest BCUT2D eigenvalue weighted by atomic mass is 10.3. The average molecular weight is 322 g/mol. The Morgan fingerprint density at radius 3 is 1.70 bits per heavy atom. The van der Waals surface area contributed by atoms with Crippen molar-refractivity contribution < 1.29 is 39.9 Å². The first kappa shape index (κ1) is 17.0. The number of para-hydroxylation sites is 1. The van der Waals surface area contributed by atoms with E-state index in [-0.39, 0.29) is 5.75 Å². The van der Waals surface area contributed by atoms with Gasteiger partial charge in [0, 0.05) is 0 Å². The van der Waals surface area contributed by atoms with Crippen LogP contribution in [-0.2, 0) is 9.05 Å². The van der Waals surface area contributed by atoms with Gasteiger partial charge in [-0.05, 0) is 12.1 Å². The molecule has 0 heterocycles. The van der Waals surface area contributed by atoms with Gasteiger partial charge in [0.2, 0.25) is 0 Å². The first-order valence-corrected chi connectivity index (χ1v) is 6.16. The second kappa shape index (κ2) is 7.10. The highest BCUT2D eigenvalue weighted by atomic mass is 31.2. The van der Waals surface area contributed by atoms with E-state index in [9.17, 15) is 26.3 Å². The molecule has 3 nitrogen and oxygen atoms in total. The Morgan fingerprint density at radius 1 is 0.850 bits per heavy atom. The molecule has 1 aromatic carbocycles. The zero-order valence-electron chi connectivity index (χ0n) is 9.74. The molecule has 20 heavy (non-hydrogen) atoms. The molecule has 0 atom stereocenters. The van der Waals surface area contributed by atoms with E-state index >= 15 is 0 Å². The van der Waals surface area contributed by atoms with Crippen LogP contribution in [-0.4, -0.2) is 25.6 Å². The van der Waals surface area contributed by atoms with Crippen LogP contribution in [0.25, 0.3) is 0 Å². The van der Waals surface area contributed by atoms with E-state index < -0.39 is 34.2 Å². The van der Waals surface area contributed by atoms with Crippen LogP contribution in [0.3, 0.4) is 0 Å². The molecule has 0 aliphatic rings. The molecular weight excluding hydrogens is 313 g/mol. The Bertz CT molecular complexity index is 387. The lowest BCUT2D eigenvalue weighted by Crippen LogP contribution is -2.27. The summed E-state index contributed by atoms with van der Waals surface area (Å²) in [6.45, 7) is -4.54. The minimum absolute atomic E-state index is 0.136. The maximum Gasteiger partial charge on any atom is 0.407 e. The largest absolute Gasteiger partial charge is 0.427 e. The van der Waals surface area contributed by atoms with Gasteiger partial charge in [-0.15, -0.1) is 0 Å². The molecule has 0 bridgehead atoms. The Morgan fingerprint density at radius 2 is 1.30 bits per heavy atom. The van der Waals surface area contributed by atoms with Crippen molar-refractivity contribution >= 4 is 8.60 Å². The van der Waals surface area contributed by atoms with Gasteiger partial charge in [-0.3, -0.25) is 0 Å². The minimum Gasteiger partial charge on any atom is -0.427 e. The van der Waals surface area contributed by atoms with Crippen LogP contribution in [0.15, 0.2) is 30.3 Å². The van der Waals surface area contributed by atoms with Crippen molar-refractivity contribution in [3.05, 3.63) is 30.3 Å².